The Labute approximate surface area is 150 Å². The van der Waals surface area contributed by atoms with Gasteiger partial charge in [0.05, 0.1) is 12.0 Å². The first kappa shape index (κ1) is 20.8. The SMILES string of the molecule is Cc1ccc(F)c(C)c1-c1cc(C(F)(F)F)c(F)c(C(N)CC(=O)O)c1F. The van der Waals surface area contributed by atoms with Gasteiger partial charge in [-0.25, -0.2) is 13.2 Å². The van der Waals surface area contributed by atoms with E-state index in [0.717, 1.165) is 6.07 Å². The molecule has 0 saturated heterocycles. The second-order valence-electron chi connectivity index (χ2n) is 6.08. The summed E-state index contributed by atoms with van der Waals surface area (Å²) in [6.07, 6.45) is -6.19. The zero-order valence-electron chi connectivity index (χ0n) is 14.2. The smallest absolute Gasteiger partial charge is 0.419 e. The minimum Gasteiger partial charge on any atom is -0.481 e. The van der Waals surface area contributed by atoms with E-state index < -0.39 is 58.8 Å². The molecular formula is C18H15F6NO2. The highest BCUT2D eigenvalue weighted by molar-refractivity contribution is 5.74. The Kier molecular flexibility index (Phi) is 5.55. The first-order chi connectivity index (χ1) is 12.4. The van der Waals surface area contributed by atoms with Crippen LogP contribution in [0.25, 0.3) is 11.1 Å². The third kappa shape index (κ3) is 3.92. The van der Waals surface area contributed by atoms with E-state index in [-0.39, 0.29) is 22.8 Å². The number of aryl methyl sites for hydroxylation is 1. The van der Waals surface area contributed by atoms with Crippen LogP contribution in [-0.4, -0.2) is 11.1 Å². The van der Waals surface area contributed by atoms with Gasteiger partial charge in [-0.2, -0.15) is 13.2 Å². The largest absolute Gasteiger partial charge is 0.481 e. The maximum Gasteiger partial charge on any atom is 0.419 e. The van der Waals surface area contributed by atoms with Gasteiger partial charge in [0.1, 0.15) is 17.5 Å². The van der Waals surface area contributed by atoms with Gasteiger partial charge < -0.3 is 10.8 Å². The van der Waals surface area contributed by atoms with Crippen LogP contribution in [0.5, 0.6) is 0 Å². The summed E-state index contributed by atoms with van der Waals surface area (Å²) in [4.78, 5) is 10.8. The highest BCUT2D eigenvalue weighted by Gasteiger charge is 2.39. The van der Waals surface area contributed by atoms with Crippen LogP contribution in [0, 0.1) is 31.3 Å². The topological polar surface area (TPSA) is 63.3 Å². The number of hydrogen-bond acceptors (Lipinski definition) is 2. The molecule has 0 spiro atoms. The van der Waals surface area contributed by atoms with Crippen molar-refractivity contribution in [1.82, 2.24) is 0 Å². The normalized spacial score (nSPS) is 12.9. The Morgan fingerprint density at radius 2 is 1.74 bits per heavy atom. The van der Waals surface area contributed by atoms with Gasteiger partial charge in [0.2, 0.25) is 0 Å². The zero-order chi connectivity index (χ0) is 20.7. The molecule has 0 aliphatic heterocycles. The van der Waals surface area contributed by atoms with Crippen molar-refractivity contribution in [1.29, 1.82) is 0 Å². The minimum absolute atomic E-state index is 0.133. The van der Waals surface area contributed by atoms with Gasteiger partial charge in [0.25, 0.3) is 0 Å². The molecule has 0 aliphatic rings. The van der Waals surface area contributed by atoms with Crippen molar-refractivity contribution in [2.75, 3.05) is 0 Å². The number of halogens is 6. The zero-order valence-corrected chi connectivity index (χ0v) is 14.2. The minimum atomic E-state index is -5.20. The van der Waals surface area contributed by atoms with Gasteiger partial charge in [-0.15, -0.1) is 0 Å². The summed E-state index contributed by atoms with van der Waals surface area (Å²) in [5, 5.41) is 8.77. The number of carboxylic acids is 1. The van der Waals surface area contributed by atoms with E-state index in [1.807, 2.05) is 0 Å². The van der Waals surface area contributed by atoms with Gasteiger partial charge in [-0.1, -0.05) is 6.07 Å². The molecule has 3 nitrogen and oxygen atoms in total. The van der Waals surface area contributed by atoms with Crippen LogP contribution in [-0.2, 0) is 11.0 Å². The predicted octanol–water partition coefficient (Wildman–Crippen LogP) is 4.88. The Balaban J connectivity index is 2.92. The molecule has 1 unspecified atom stereocenters. The van der Waals surface area contributed by atoms with Crippen LogP contribution in [0.3, 0.4) is 0 Å². The fourth-order valence-corrected chi connectivity index (χ4v) is 2.90. The molecule has 0 saturated carbocycles. The van der Waals surface area contributed by atoms with E-state index >= 15 is 0 Å². The molecule has 1 atom stereocenters. The van der Waals surface area contributed by atoms with Crippen molar-refractivity contribution in [3.8, 4) is 11.1 Å². The lowest BCUT2D eigenvalue weighted by Gasteiger charge is -2.21. The molecule has 0 aliphatic carbocycles. The lowest BCUT2D eigenvalue weighted by atomic mass is 9.89. The summed E-state index contributed by atoms with van der Waals surface area (Å²) < 4.78 is 83.1. The fourth-order valence-electron chi connectivity index (χ4n) is 2.90. The van der Waals surface area contributed by atoms with Gasteiger partial charge in [0.15, 0.2) is 0 Å². The highest BCUT2D eigenvalue weighted by Crippen LogP contribution is 2.41. The van der Waals surface area contributed by atoms with Crippen molar-refractivity contribution in [2.45, 2.75) is 32.5 Å². The fraction of sp³-hybridized carbons (Fsp3) is 0.278. The molecule has 9 heteroatoms. The molecular weight excluding hydrogens is 376 g/mol. The molecule has 0 radical (unpaired) electrons. The van der Waals surface area contributed by atoms with Crippen LogP contribution in [0.15, 0.2) is 18.2 Å². The molecule has 0 bridgehead atoms. The second kappa shape index (κ2) is 7.22. The molecule has 3 N–H and O–H groups in total. The number of nitrogens with two attached hydrogens (primary N) is 1. The maximum absolute atomic E-state index is 15.0. The van der Waals surface area contributed by atoms with Gasteiger partial charge in [-0.3, -0.25) is 4.79 Å². The van der Waals surface area contributed by atoms with Crippen LogP contribution in [0.4, 0.5) is 26.3 Å². The Morgan fingerprint density at radius 3 is 2.26 bits per heavy atom. The molecule has 0 heterocycles. The van der Waals surface area contributed by atoms with Crippen molar-refractivity contribution in [3.05, 3.63) is 57.9 Å². The van der Waals surface area contributed by atoms with Crippen LogP contribution >= 0.6 is 0 Å². The van der Waals surface area contributed by atoms with Crippen LogP contribution in [0.2, 0.25) is 0 Å². The lowest BCUT2D eigenvalue weighted by molar-refractivity contribution is -0.140. The number of carbonyl (C=O) groups is 1. The third-order valence-electron chi connectivity index (χ3n) is 4.18. The first-order valence-electron chi connectivity index (χ1n) is 7.68. The number of rotatable bonds is 4. The first-order valence-corrected chi connectivity index (χ1v) is 7.68. The summed E-state index contributed by atoms with van der Waals surface area (Å²) in [5.41, 5.74) is 1.69. The van der Waals surface area contributed by atoms with Crippen LogP contribution in [0.1, 0.15) is 34.7 Å². The summed E-state index contributed by atoms with van der Waals surface area (Å²) in [5.74, 6) is -5.77. The number of benzene rings is 2. The number of alkyl halides is 3. The summed E-state index contributed by atoms with van der Waals surface area (Å²) >= 11 is 0. The molecule has 2 aromatic rings. The molecule has 2 rings (SSSR count). The molecule has 2 aromatic carbocycles. The monoisotopic (exact) mass is 391 g/mol. The number of hydrogen-bond donors (Lipinski definition) is 2. The standard InChI is InChI=1S/C18H15F6NO2/c1-7-3-4-11(19)8(2)14(7)9-5-10(18(22,23)24)17(21)15(16(9)20)12(25)6-13(26)27/h3-5,12H,6,25H2,1-2H3,(H,26,27). The average molecular weight is 391 g/mol. The van der Waals surface area contributed by atoms with Crippen molar-refractivity contribution in [2.24, 2.45) is 5.73 Å². The van der Waals surface area contributed by atoms with Crippen molar-refractivity contribution >= 4 is 5.97 Å². The summed E-state index contributed by atoms with van der Waals surface area (Å²) in [7, 11) is 0. The Morgan fingerprint density at radius 1 is 1.15 bits per heavy atom. The second-order valence-corrected chi connectivity index (χ2v) is 6.08. The van der Waals surface area contributed by atoms with E-state index in [1.165, 1.54) is 19.9 Å². The van der Waals surface area contributed by atoms with Gasteiger partial charge in [-0.05, 0) is 42.7 Å². The Bertz CT molecular complexity index is 908. The van der Waals surface area contributed by atoms with E-state index in [0.29, 0.717) is 0 Å². The summed E-state index contributed by atoms with van der Waals surface area (Å²) in [6, 6.07) is 0.691. The van der Waals surface area contributed by atoms with E-state index in [9.17, 15) is 31.1 Å². The number of aliphatic carboxylic acids is 1. The third-order valence-corrected chi connectivity index (χ3v) is 4.18. The molecule has 0 amide bonds. The van der Waals surface area contributed by atoms with Gasteiger partial charge >= 0.3 is 12.1 Å². The van der Waals surface area contributed by atoms with Crippen molar-refractivity contribution < 1.29 is 36.2 Å². The predicted molar refractivity (Wildman–Crippen MR) is 85.4 cm³/mol. The molecule has 0 aromatic heterocycles. The van der Waals surface area contributed by atoms with E-state index in [2.05, 4.69) is 0 Å². The highest BCUT2D eigenvalue weighted by atomic mass is 19.4. The molecule has 0 fully saturated rings. The van der Waals surface area contributed by atoms with E-state index in [1.54, 1.807) is 0 Å². The van der Waals surface area contributed by atoms with Gasteiger partial charge in [0, 0.05) is 17.2 Å². The number of carboxylic acid groups (broad SMARTS) is 1. The molecule has 27 heavy (non-hydrogen) atoms. The molecule has 146 valence electrons. The van der Waals surface area contributed by atoms with Crippen molar-refractivity contribution in [3.63, 3.8) is 0 Å². The Hall–Kier alpha value is -2.55. The quantitative estimate of drug-likeness (QED) is 0.730. The van der Waals surface area contributed by atoms with E-state index in [4.69, 9.17) is 10.8 Å². The lowest BCUT2D eigenvalue weighted by Crippen LogP contribution is -2.21. The average Bonchev–Trinajstić information content (AvgIpc) is 2.51. The van der Waals surface area contributed by atoms with Crippen LogP contribution < -0.4 is 5.73 Å². The summed E-state index contributed by atoms with van der Waals surface area (Å²) in [6.45, 7) is 2.67. The maximum atomic E-state index is 15.0.